The summed E-state index contributed by atoms with van der Waals surface area (Å²) in [4.78, 5) is 24.6. The normalized spacial score (nSPS) is 18.3. The minimum absolute atomic E-state index is 0.00294. The third-order valence-corrected chi connectivity index (χ3v) is 6.61. The Hall–Kier alpha value is -3.68. The van der Waals surface area contributed by atoms with E-state index in [9.17, 15) is 13.6 Å². The van der Waals surface area contributed by atoms with Crippen LogP contribution in [0, 0.1) is 17.6 Å². The quantitative estimate of drug-likeness (QED) is 0.517. The Morgan fingerprint density at radius 1 is 1.00 bits per heavy atom. The molecule has 0 fully saturated rings. The standard InChI is InChI=1S/C27H27F2N5O/c1-18-3-2-4-19-13-15-33(16-14-24(19)30-18)25(35)17-34-27(21-7-11-23(29)12-8-21)31-26(32-34)20-5-9-22(28)10-6-20/h5-12,14,19H,2-4,13,15-17H2,1H3. The number of aromatic nitrogens is 3. The minimum Gasteiger partial charge on any atom is -0.337 e. The van der Waals surface area contributed by atoms with Gasteiger partial charge in [0, 0.05) is 41.5 Å². The van der Waals surface area contributed by atoms with Crippen molar-refractivity contribution in [2.75, 3.05) is 13.1 Å². The molecule has 3 aromatic rings. The number of aliphatic imine (C=N–C) groups is 1. The molecule has 2 aromatic carbocycles. The molecule has 1 unspecified atom stereocenters. The highest BCUT2D eigenvalue weighted by atomic mass is 19.1. The largest absolute Gasteiger partial charge is 0.337 e. The molecule has 1 amide bonds. The topological polar surface area (TPSA) is 63.4 Å². The number of halogens is 2. The van der Waals surface area contributed by atoms with Crippen molar-refractivity contribution in [1.82, 2.24) is 19.7 Å². The molecular formula is C27H27F2N5O. The van der Waals surface area contributed by atoms with Crippen molar-refractivity contribution >= 4 is 11.6 Å². The second-order valence-corrected chi connectivity index (χ2v) is 9.12. The van der Waals surface area contributed by atoms with E-state index in [4.69, 9.17) is 4.99 Å². The summed E-state index contributed by atoms with van der Waals surface area (Å²) in [5, 5.41) is 4.57. The summed E-state index contributed by atoms with van der Waals surface area (Å²) in [6.45, 7) is 3.23. The molecule has 180 valence electrons. The fraction of sp³-hybridized carbons (Fsp3) is 0.333. The number of carbonyl (C=O) groups is 1. The molecule has 8 heteroatoms. The number of fused-ring (bicyclic) bond motifs is 1. The van der Waals surface area contributed by atoms with Crippen molar-refractivity contribution in [3.63, 3.8) is 0 Å². The van der Waals surface area contributed by atoms with Crippen LogP contribution in [0.4, 0.5) is 8.78 Å². The van der Waals surface area contributed by atoms with Gasteiger partial charge in [0.25, 0.3) is 0 Å². The van der Waals surface area contributed by atoms with Gasteiger partial charge in [-0.25, -0.2) is 18.4 Å². The second kappa shape index (κ2) is 9.90. The van der Waals surface area contributed by atoms with Gasteiger partial charge >= 0.3 is 0 Å². The van der Waals surface area contributed by atoms with E-state index in [1.807, 2.05) is 4.90 Å². The third-order valence-electron chi connectivity index (χ3n) is 6.61. The van der Waals surface area contributed by atoms with Crippen molar-refractivity contribution in [2.45, 2.75) is 39.2 Å². The summed E-state index contributed by atoms with van der Waals surface area (Å²) in [6.07, 6.45) is 6.21. The molecule has 0 radical (unpaired) electrons. The van der Waals surface area contributed by atoms with E-state index in [1.54, 1.807) is 28.9 Å². The lowest BCUT2D eigenvalue weighted by molar-refractivity contribution is -0.131. The average Bonchev–Trinajstić information content (AvgIpc) is 3.03. The number of amides is 1. The van der Waals surface area contributed by atoms with Crippen LogP contribution in [0.25, 0.3) is 22.8 Å². The number of benzene rings is 2. The van der Waals surface area contributed by atoms with Crippen LogP contribution in [-0.2, 0) is 11.3 Å². The zero-order chi connectivity index (χ0) is 24.4. The fourth-order valence-electron chi connectivity index (χ4n) is 4.67. The first-order valence-electron chi connectivity index (χ1n) is 11.9. The second-order valence-electron chi connectivity index (χ2n) is 9.12. The van der Waals surface area contributed by atoms with Crippen molar-refractivity contribution in [3.05, 3.63) is 71.9 Å². The Morgan fingerprint density at radius 2 is 1.69 bits per heavy atom. The zero-order valence-electron chi connectivity index (χ0n) is 19.6. The molecular weight excluding hydrogens is 448 g/mol. The maximum absolute atomic E-state index is 13.5. The molecule has 6 nitrogen and oxygen atoms in total. The number of carbonyl (C=O) groups excluding carboxylic acids is 1. The summed E-state index contributed by atoms with van der Waals surface area (Å²) in [5.74, 6) is 0.434. The van der Waals surface area contributed by atoms with E-state index in [-0.39, 0.29) is 24.1 Å². The maximum atomic E-state index is 13.5. The molecule has 0 N–H and O–H groups in total. The van der Waals surface area contributed by atoms with E-state index in [2.05, 4.69) is 23.1 Å². The fourth-order valence-corrected chi connectivity index (χ4v) is 4.67. The van der Waals surface area contributed by atoms with Crippen molar-refractivity contribution < 1.29 is 13.6 Å². The smallest absolute Gasteiger partial charge is 0.244 e. The Labute approximate surface area is 203 Å². The number of hydrogen-bond acceptors (Lipinski definition) is 4. The Morgan fingerprint density at radius 3 is 2.40 bits per heavy atom. The van der Waals surface area contributed by atoms with Gasteiger partial charge in [-0.1, -0.05) is 0 Å². The van der Waals surface area contributed by atoms with Gasteiger partial charge in [-0.15, -0.1) is 5.10 Å². The van der Waals surface area contributed by atoms with Crippen LogP contribution in [0.15, 0.2) is 65.3 Å². The van der Waals surface area contributed by atoms with Crippen LogP contribution < -0.4 is 0 Å². The van der Waals surface area contributed by atoms with Crippen LogP contribution in [0.1, 0.15) is 32.6 Å². The van der Waals surface area contributed by atoms with E-state index in [1.165, 1.54) is 24.3 Å². The molecule has 1 atom stereocenters. The SMILES string of the molecule is CC1=NC2=CCN(C(=O)Cn3nc(-c4ccc(F)cc4)nc3-c3ccc(F)cc3)CCC2CCC1. The highest BCUT2D eigenvalue weighted by Gasteiger charge is 2.25. The van der Waals surface area contributed by atoms with E-state index in [0.29, 0.717) is 41.8 Å². The lowest BCUT2D eigenvalue weighted by Crippen LogP contribution is -2.35. The van der Waals surface area contributed by atoms with Crippen molar-refractivity contribution in [1.29, 1.82) is 0 Å². The summed E-state index contributed by atoms with van der Waals surface area (Å²) < 4.78 is 28.5. The number of nitrogens with zero attached hydrogens (tertiary/aromatic N) is 5. The number of rotatable bonds is 4. The Balaban J connectivity index is 1.42. The predicted octanol–water partition coefficient (Wildman–Crippen LogP) is 5.27. The van der Waals surface area contributed by atoms with E-state index < -0.39 is 0 Å². The molecule has 2 aliphatic rings. The molecule has 3 heterocycles. The molecule has 5 rings (SSSR count). The molecule has 0 aliphatic carbocycles. The predicted molar refractivity (Wildman–Crippen MR) is 131 cm³/mol. The molecule has 2 aliphatic heterocycles. The zero-order valence-corrected chi connectivity index (χ0v) is 19.6. The van der Waals surface area contributed by atoms with Crippen LogP contribution in [0.5, 0.6) is 0 Å². The monoisotopic (exact) mass is 475 g/mol. The summed E-state index contributed by atoms with van der Waals surface area (Å²) in [5.41, 5.74) is 3.53. The lowest BCUT2D eigenvalue weighted by atomic mass is 9.96. The van der Waals surface area contributed by atoms with Gasteiger partial charge in [-0.3, -0.25) is 9.79 Å². The van der Waals surface area contributed by atoms with Crippen molar-refractivity contribution in [2.24, 2.45) is 10.9 Å². The molecule has 0 saturated heterocycles. The number of hydrogen-bond donors (Lipinski definition) is 0. The van der Waals surface area contributed by atoms with Gasteiger partial charge in [-0.2, -0.15) is 0 Å². The first-order chi connectivity index (χ1) is 17.0. The Kier molecular flexibility index (Phi) is 6.53. The molecule has 1 aromatic heterocycles. The third kappa shape index (κ3) is 5.21. The Bertz CT molecular complexity index is 1280. The van der Waals surface area contributed by atoms with Crippen LogP contribution >= 0.6 is 0 Å². The van der Waals surface area contributed by atoms with Gasteiger partial charge in [-0.05, 0) is 87.2 Å². The maximum Gasteiger partial charge on any atom is 0.244 e. The van der Waals surface area contributed by atoms with Crippen molar-refractivity contribution in [3.8, 4) is 22.8 Å². The van der Waals surface area contributed by atoms with Gasteiger partial charge in [0.1, 0.15) is 18.2 Å². The van der Waals surface area contributed by atoms with E-state index >= 15 is 0 Å². The highest BCUT2D eigenvalue weighted by molar-refractivity contribution is 5.83. The number of allylic oxidation sites excluding steroid dienone is 1. The molecule has 0 bridgehead atoms. The first-order valence-corrected chi connectivity index (χ1v) is 11.9. The van der Waals surface area contributed by atoms with Crippen LogP contribution in [0.3, 0.4) is 0 Å². The van der Waals surface area contributed by atoms with Gasteiger partial charge in [0.05, 0.1) is 0 Å². The molecule has 0 spiro atoms. The van der Waals surface area contributed by atoms with Crippen LogP contribution in [-0.4, -0.2) is 44.4 Å². The van der Waals surface area contributed by atoms with Gasteiger partial charge in [0.2, 0.25) is 5.91 Å². The first kappa shape index (κ1) is 23.1. The summed E-state index contributed by atoms with van der Waals surface area (Å²) >= 11 is 0. The summed E-state index contributed by atoms with van der Waals surface area (Å²) in [6, 6.07) is 11.8. The average molecular weight is 476 g/mol. The van der Waals surface area contributed by atoms with Gasteiger partial charge in [0.15, 0.2) is 11.6 Å². The lowest BCUT2D eigenvalue weighted by Gasteiger charge is -2.21. The minimum atomic E-state index is -0.359. The van der Waals surface area contributed by atoms with Gasteiger partial charge < -0.3 is 4.90 Å². The molecule has 35 heavy (non-hydrogen) atoms. The highest BCUT2D eigenvalue weighted by Crippen LogP contribution is 2.29. The van der Waals surface area contributed by atoms with Crippen LogP contribution in [0.2, 0.25) is 0 Å². The molecule has 0 saturated carbocycles. The summed E-state index contributed by atoms with van der Waals surface area (Å²) in [7, 11) is 0. The van der Waals surface area contributed by atoms with E-state index in [0.717, 1.165) is 37.1 Å².